The lowest BCUT2D eigenvalue weighted by Crippen LogP contribution is -2.01. The number of nitrogens with two attached hydrogens (primary N) is 1. The molecule has 0 aliphatic rings. The van der Waals surface area contributed by atoms with E-state index >= 15 is 0 Å². The second-order valence-electron chi connectivity index (χ2n) is 3.51. The minimum atomic E-state index is 0.660. The van der Waals surface area contributed by atoms with Crippen LogP contribution in [0.5, 0.6) is 0 Å². The van der Waals surface area contributed by atoms with Crippen LogP contribution < -0.4 is 5.73 Å². The fraction of sp³-hybridized carbons (Fsp3) is 0.273. The van der Waals surface area contributed by atoms with Crippen molar-refractivity contribution in [2.24, 2.45) is 5.73 Å². The van der Waals surface area contributed by atoms with Gasteiger partial charge in [0.25, 0.3) is 0 Å². The molecule has 0 radical (unpaired) electrons. The number of nitrogens with one attached hydrogen (secondary N) is 1. The molecule has 0 atom stereocenters. The molecule has 1 heterocycles. The number of aromatic amines is 1. The molecule has 16 heavy (non-hydrogen) atoms. The number of hydrogen-bond acceptors (Lipinski definition) is 3. The first kappa shape index (κ1) is 11.1. The second-order valence-corrected chi connectivity index (χ2v) is 3.94. The lowest BCUT2D eigenvalue weighted by molar-refractivity contribution is 0.785. The van der Waals surface area contributed by atoms with Gasteiger partial charge in [0.15, 0.2) is 5.82 Å². The van der Waals surface area contributed by atoms with Gasteiger partial charge in [0.05, 0.1) is 0 Å². The Morgan fingerprint density at radius 3 is 3.00 bits per heavy atom. The molecule has 0 saturated carbocycles. The van der Waals surface area contributed by atoms with Gasteiger partial charge in [-0.1, -0.05) is 23.7 Å². The summed E-state index contributed by atoms with van der Waals surface area (Å²) in [5.41, 5.74) is 6.35. The van der Waals surface area contributed by atoms with E-state index in [1.165, 1.54) is 0 Å². The Morgan fingerprint density at radius 2 is 2.25 bits per heavy atom. The normalized spacial score (nSPS) is 10.6. The van der Waals surface area contributed by atoms with E-state index in [9.17, 15) is 0 Å². The molecule has 84 valence electrons. The molecule has 0 aliphatic heterocycles. The Labute approximate surface area is 98.8 Å². The van der Waals surface area contributed by atoms with Crippen LogP contribution in [0.4, 0.5) is 0 Å². The minimum Gasteiger partial charge on any atom is -0.330 e. The molecule has 0 unspecified atom stereocenters. The van der Waals surface area contributed by atoms with Gasteiger partial charge in [-0.25, -0.2) is 4.98 Å². The predicted molar refractivity (Wildman–Crippen MR) is 64.2 cm³/mol. The van der Waals surface area contributed by atoms with Gasteiger partial charge >= 0.3 is 0 Å². The van der Waals surface area contributed by atoms with Crippen molar-refractivity contribution in [1.82, 2.24) is 15.2 Å². The van der Waals surface area contributed by atoms with E-state index in [-0.39, 0.29) is 0 Å². The standard InChI is InChI=1S/C11H13ClN4/c12-9-4-1-3-8(7-9)11-14-10(15-16-11)5-2-6-13/h1,3-4,7H,2,5-6,13H2,(H,14,15,16). The van der Waals surface area contributed by atoms with Crippen LogP contribution in [0.15, 0.2) is 24.3 Å². The summed E-state index contributed by atoms with van der Waals surface area (Å²) in [6.45, 7) is 0.660. The molecule has 0 saturated heterocycles. The summed E-state index contributed by atoms with van der Waals surface area (Å²) in [6.07, 6.45) is 1.73. The Balaban J connectivity index is 2.18. The minimum absolute atomic E-state index is 0.660. The summed E-state index contributed by atoms with van der Waals surface area (Å²) in [7, 11) is 0. The number of halogens is 1. The van der Waals surface area contributed by atoms with Crippen molar-refractivity contribution in [1.29, 1.82) is 0 Å². The summed E-state index contributed by atoms with van der Waals surface area (Å²) < 4.78 is 0. The maximum absolute atomic E-state index is 5.90. The van der Waals surface area contributed by atoms with Gasteiger partial charge in [0.1, 0.15) is 5.82 Å². The molecule has 0 spiro atoms. The molecule has 4 nitrogen and oxygen atoms in total. The smallest absolute Gasteiger partial charge is 0.181 e. The first-order valence-corrected chi connectivity index (χ1v) is 5.54. The number of aromatic nitrogens is 3. The molecule has 0 amide bonds. The third-order valence-corrected chi connectivity index (χ3v) is 2.47. The quantitative estimate of drug-likeness (QED) is 0.854. The average Bonchev–Trinajstić information content (AvgIpc) is 2.75. The van der Waals surface area contributed by atoms with Gasteiger partial charge in [-0.15, -0.1) is 0 Å². The highest BCUT2D eigenvalue weighted by atomic mass is 35.5. The van der Waals surface area contributed by atoms with Crippen LogP contribution in [0, 0.1) is 0 Å². The van der Waals surface area contributed by atoms with Crippen molar-refractivity contribution in [3.8, 4) is 11.4 Å². The van der Waals surface area contributed by atoms with Crippen molar-refractivity contribution in [2.75, 3.05) is 6.54 Å². The molecule has 2 aromatic rings. The zero-order valence-corrected chi connectivity index (χ0v) is 9.54. The van der Waals surface area contributed by atoms with E-state index in [4.69, 9.17) is 17.3 Å². The topological polar surface area (TPSA) is 67.6 Å². The van der Waals surface area contributed by atoms with E-state index in [2.05, 4.69) is 15.2 Å². The lowest BCUT2D eigenvalue weighted by atomic mass is 10.2. The van der Waals surface area contributed by atoms with E-state index in [1.54, 1.807) is 0 Å². The highest BCUT2D eigenvalue weighted by Crippen LogP contribution is 2.19. The van der Waals surface area contributed by atoms with Crippen LogP contribution in [0.2, 0.25) is 5.02 Å². The Morgan fingerprint density at radius 1 is 1.38 bits per heavy atom. The fourth-order valence-electron chi connectivity index (χ4n) is 1.43. The third kappa shape index (κ3) is 2.59. The molecule has 2 rings (SSSR count). The van der Waals surface area contributed by atoms with Gasteiger partial charge < -0.3 is 5.73 Å². The van der Waals surface area contributed by atoms with E-state index in [0.717, 1.165) is 24.2 Å². The fourth-order valence-corrected chi connectivity index (χ4v) is 1.62. The highest BCUT2D eigenvalue weighted by molar-refractivity contribution is 6.30. The van der Waals surface area contributed by atoms with Crippen LogP contribution in [0.25, 0.3) is 11.4 Å². The maximum Gasteiger partial charge on any atom is 0.181 e. The first-order chi connectivity index (χ1) is 7.79. The number of nitrogens with zero attached hydrogens (tertiary/aromatic N) is 2. The highest BCUT2D eigenvalue weighted by Gasteiger charge is 2.05. The summed E-state index contributed by atoms with van der Waals surface area (Å²) in [5.74, 6) is 1.54. The Bertz CT molecular complexity index is 467. The number of benzene rings is 1. The molecule has 1 aromatic carbocycles. The molecule has 0 bridgehead atoms. The molecule has 0 fully saturated rings. The van der Waals surface area contributed by atoms with Gasteiger partial charge in [-0.05, 0) is 25.1 Å². The maximum atomic E-state index is 5.90. The monoisotopic (exact) mass is 236 g/mol. The van der Waals surface area contributed by atoms with Crippen LogP contribution >= 0.6 is 11.6 Å². The van der Waals surface area contributed by atoms with Crippen LogP contribution in [0.3, 0.4) is 0 Å². The Hall–Kier alpha value is -1.39. The molecule has 1 aromatic heterocycles. The van der Waals surface area contributed by atoms with E-state index < -0.39 is 0 Å². The second kappa shape index (κ2) is 5.09. The molecule has 5 heteroatoms. The van der Waals surface area contributed by atoms with Crippen LogP contribution in [-0.4, -0.2) is 21.7 Å². The lowest BCUT2D eigenvalue weighted by Gasteiger charge is -1.95. The van der Waals surface area contributed by atoms with Crippen LogP contribution in [-0.2, 0) is 6.42 Å². The van der Waals surface area contributed by atoms with Crippen molar-refractivity contribution in [3.05, 3.63) is 35.1 Å². The SMILES string of the molecule is NCCCc1nc(-c2cccc(Cl)c2)n[nH]1. The molecular weight excluding hydrogens is 224 g/mol. The molecule has 3 N–H and O–H groups in total. The zero-order chi connectivity index (χ0) is 11.4. The van der Waals surface area contributed by atoms with Crippen molar-refractivity contribution in [3.63, 3.8) is 0 Å². The van der Waals surface area contributed by atoms with E-state index in [0.29, 0.717) is 17.4 Å². The predicted octanol–water partition coefficient (Wildman–Crippen LogP) is 2.02. The summed E-state index contributed by atoms with van der Waals surface area (Å²) in [5, 5.41) is 7.73. The largest absolute Gasteiger partial charge is 0.330 e. The van der Waals surface area contributed by atoms with Crippen molar-refractivity contribution < 1.29 is 0 Å². The number of hydrogen-bond donors (Lipinski definition) is 2. The Kier molecular flexibility index (Phi) is 3.54. The van der Waals surface area contributed by atoms with Gasteiger partial charge in [0, 0.05) is 17.0 Å². The zero-order valence-electron chi connectivity index (χ0n) is 8.78. The number of aryl methyl sites for hydroxylation is 1. The van der Waals surface area contributed by atoms with Gasteiger partial charge in [-0.2, -0.15) is 5.10 Å². The van der Waals surface area contributed by atoms with Crippen LogP contribution in [0.1, 0.15) is 12.2 Å². The summed E-state index contributed by atoms with van der Waals surface area (Å²) >= 11 is 5.90. The van der Waals surface area contributed by atoms with Gasteiger partial charge in [-0.3, -0.25) is 5.10 Å². The van der Waals surface area contributed by atoms with Crippen molar-refractivity contribution >= 4 is 11.6 Å². The summed E-state index contributed by atoms with van der Waals surface area (Å²) in [4.78, 5) is 4.38. The average molecular weight is 237 g/mol. The molecule has 0 aliphatic carbocycles. The summed E-state index contributed by atoms with van der Waals surface area (Å²) in [6, 6.07) is 7.49. The number of H-pyrrole nitrogens is 1. The van der Waals surface area contributed by atoms with Gasteiger partial charge in [0.2, 0.25) is 0 Å². The number of rotatable bonds is 4. The first-order valence-electron chi connectivity index (χ1n) is 5.17. The van der Waals surface area contributed by atoms with Crippen molar-refractivity contribution in [2.45, 2.75) is 12.8 Å². The van der Waals surface area contributed by atoms with E-state index in [1.807, 2.05) is 24.3 Å². The molecular formula is C11H13ClN4. The third-order valence-electron chi connectivity index (χ3n) is 2.23.